The van der Waals surface area contributed by atoms with Crippen LogP contribution >= 0.6 is 11.6 Å². The lowest BCUT2D eigenvalue weighted by Crippen LogP contribution is -2.25. The van der Waals surface area contributed by atoms with E-state index in [0.717, 1.165) is 12.0 Å². The van der Waals surface area contributed by atoms with Crippen molar-refractivity contribution in [1.82, 2.24) is 10.3 Å². The molecule has 0 aliphatic rings. The SMILES string of the molecule is Nc1c[nH]c(C(=O)NCCc2ccc(Cl)cc2)c1. The van der Waals surface area contributed by atoms with Crippen molar-refractivity contribution in [3.8, 4) is 0 Å². The van der Waals surface area contributed by atoms with Gasteiger partial charge in [0.2, 0.25) is 0 Å². The van der Waals surface area contributed by atoms with Crippen LogP contribution in [0.15, 0.2) is 36.5 Å². The highest BCUT2D eigenvalue weighted by Gasteiger charge is 2.06. The first-order valence-electron chi connectivity index (χ1n) is 5.61. The number of carbonyl (C=O) groups is 1. The molecule has 1 heterocycles. The van der Waals surface area contributed by atoms with Crippen LogP contribution in [0.4, 0.5) is 5.69 Å². The molecule has 4 nitrogen and oxygen atoms in total. The van der Waals surface area contributed by atoms with Gasteiger partial charge in [0.1, 0.15) is 5.69 Å². The number of H-pyrrole nitrogens is 1. The van der Waals surface area contributed by atoms with Crippen molar-refractivity contribution in [1.29, 1.82) is 0 Å². The highest BCUT2D eigenvalue weighted by Crippen LogP contribution is 2.09. The van der Waals surface area contributed by atoms with Gasteiger partial charge in [0, 0.05) is 23.5 Å². The van der Waals surface area contributed by atoms with Crippen molar-refractivity contribution >= 4 is 23.2 Å². The van der Waals surface area contributed by atoms with E-state index in [2.05, 4.69) is 10.3 Å². The van der Waals surface area contributed by atoms with Crippen molar-refractivity contribution in [2.75, 3.05) is 12.3 Å². The molecule has 94 valence electrons. The maximum absolute atomic E-state index is 11.7. The Labute approximate surface area is 110 Å². The van der Waals surface area contributed by atoms with Crippen LogP contribution < -0.4 is 11.1 Å². The molecule has 18 heavy (non-hydrogen) atoms. The molecule has 5 heteroatoms. The number of nitrogen functional groups attached to an aromatic ring is 1. The second-order valence-corrected chi connectivity index (χ2v) is 4.42. The Morgan fingerprint density at radius 3 is 2.67 bits per heavy atom. The third kappa shape index (κ3) is 3.28. The number of rotatable bonds is 4. The van der Waals surface area contributed by atoms with Gasteiger partial charge in [-0.25, -0.2) is 0 Å². The maximum Gasteiger partial charge on any atom is 0.267 e. The van der Waals surface area contributed by atoms with E-state index in [1.165, 1.54) is 0 Å². The van der Waals surface area contributed by atoms with Gasteiger partial charge in [-0.2, -0.15) is 0 Å². The molecule has 0 atom stereocenters. The zero-order valence-corrected chi connectivity index (χ0v) is 10.5. The first-order valence-corrected chi connectivity index (χ1v) is 5.99. The summed E-state index contributed by atoms with van der Waals surface area (Å²) >= 11 is 5.79. The van der Waals surface area contributed by atoms with Gasteiger partial charge in [-0.3, -0.25) is 4.79 Å². The zero-order valence-electron chi connectivity index (χ0n) is 9.74. The van der Waals surface area contributed by atoms with Crippen molar-refractivity contribution in [3.05, 3.63) is 52.8 Å². The van der Waals surface area contributed by atoms with E-state index in [-0.39, 0.29) is 5.91 Å². The van der Waals surface area contributed by atoms with Gasteiger partial charge in [0.25, 0.3) is 5.91 Å². The fourth-order valence-corrected chi connectivity index (χ4v) is 1.73. The number of anilines is 1. The molecule has 0 aliphatic heterocycles. The Hall–Kier alpha value is -1.94. The fraction of sp³-hybridized carbons (Fsp3) is 0.154. The van der Waals surface area contributed by atoms with Crippen LogP contribution in [0.5, 0.6) is 0 Å². The number of amides is 1. The van der Waals surface area contributed by atoms with E-state index in [1.54, 1.807) is 12.3 Å². The molecule has 2 aromatic rings. The summed E-state index contributed by atoms with van der Waals surface area (Å²) in [5.41, 5.74) is 7.69. The van der Waals surface area contributed by atoms with Crippen LogP contribution in [-0.2, 0) is 6.42 Å². The molecule has 0 bridgehead atoms. The van der Waals surface area contributed by atoms with Crippen molar-refractivity contribution in [2.45, 2.75) is 6.42 Å². The Morgan fingerprint density at radius 1 is 1.33 bits per heavy atom. The molecule has 0 fully saturated rings. The van der Waals surface area contributed by atoms with Gasteiger partial charge >= 0.3 is 0 Å². The highest BCUT2D eigenvalue weighted by molar-refractivity contribution is 6.30. The number of nitrogens with two attached hydrogens (primary N) is 1. The summed E-state index contributed by atoms with van der Waals surface area (Å²) in [6.45, 7) is 0.569. The number of aromatic amines is 1. The molecule has 1 aromatic heterocycles. The molecule has 0 radical (unpaired) electrons. The van der Waals surface area contributed by atoms with Crippen LogP contribution in [0.2, 0.25) is 5.02 Å². The summed E-state index contributed by atoms with van der Waals surface area (Å²) in [5, 5.41) is 3.53. The van der Waals surface area contributed by atoms with Gasteiger partial charge in [-0.1, -0.05) is 23.7 Å². The molecule has 0 saturated heterocycles. The minimum absolute atomic E-state index is 0.152. The van der Waals surface area contributed by atoms with Crippen LogP contribution in [0.1, 0.15) is 16.1 Å². The number of hydrogen-bond donors (Lipinski definition) is 3. The van der Waals surface area contributed by atoms with Gasteiger partial charge in [-0.15, -0.1) is 0 Å². The molecular formula is C13H14ClN3O. The lowest BCUT2D eigenvalue weighted by Gasteiger charge is -2.04. The normalized spacial score (nSPS) is 10.3. The molecular weight excluding hydrogens is 250 g/mol. The predicted molar refractivity (Wildman–Crippen MR) is 72.7 cm³/mol. The first kappa shape index (κ1) is 12.5. The predicted octanol–water partition coefficient (Wildman–Crippen LogP) is 2.22. The summed E-state index contributed by atoms with van der Waals surface area (Å²) < 4.78 is 0. The Morgan fingerprint density at radius 2 is 2.06 bits per heavy atom. The van der Waals surface area contributed by atoms with Gasteiger partial charge in [0.15, 0.2) is 0 Å². The molecule has 0 aliphatic carbocycles. The smallest absolute Gasteiger partial charge is 0.267 e. The number of benzene rings is 1. The van der Waals surface area contributed by atoms with Crippen LogP contribution in [-0.4, -0.2) is 17.4 Å². The number of carbonyl (C=O) groups excluding carboxylic acids is 1. The van der Waals surface area contributed by atoms with Crippen molar-refractivity contribution < 1.29 is 4.79 Å². The number of halogens is 1. The van der Waals surface area contributed by atoms with E-state index >= 15 is 0 Å². The standard InChI is InChI=1S/C13H14ClN3O/c14-10-3-1-9(2-4-10)5-6-16-13(18)12-7-11(15)8-17-12/h1-4,7-8,17H,5-6,15H2,(H,16,18). The van der Waals surface area contributed by atoms with E-state index in [1.807, 2.05) is 24.3 Å². The molecule has 4 N–H and O–H groups in total. The van der Waals surface area contributed by atoms with Gasteiger partial charge in [0.05, 0.1) is 0 Å². The van der Waals surface area contributed by atoms with Crippen LogP contribution in [0.3, 0.4) is 0 Å². The average Bonchev–Trinajstić information content (AvgIpc) is 2.78. The second-order valence-electron chi connectivity index (χ2n) is 3.98. The van der Waals surface area contributed by atoms with Crippen molar-refractivity contribution in [3.63, 3.8) is 0 Å². The van der Waals surface area contributed by atoms with Crippen LogP contribution in [0.25, 0.3) is 0 Å². The molecule has 0 saturated carbocycles. The van der Waals surface area contributed by atoms with Crippen molar-refractivity contribution in [2.24, 2.45) is 0 Å². The summed E-state index contributed by atoms with van der Waals surface area (Å²) in [5.74, 6) is -0.152. The van der Waals surface area contributed by atoms with Gasteiger partial charge < -0.3 is 16.0 Å². The summed E-state index contributed by atoms with van der Waals surface area (Å²) in [6.07, 6.45) is 2.35. The average molecular weight is 264 g/mol. The third-order valence-electron chi connectivity index (χ3n) is 2.56. The van der Waals surface area contributed by atoms with E-state index in [9.17, 15) is 4.79 Å². The monoisotopic (exact) mass is 263 g/mol. The Kier molecular flexibility index (Phi) is 3.89. The molecule has 0 unspecified atom stereocenters. The lowest BCUT2D eigenvalue weighted by atomic mass is 10.1. The highest BCUT2D eigenvalue weighted by atomic mass is 35.5. The number of aromatic nitrogens is 1. The number of hydrogen-bond acceptors (Lipinski definition) is 2. The first-order chi connectivity index (χ1) is 8.65. The van der Waals surface area contributed by atoms with Gasteiger partial charge in [-0.05, 0) is 30.2 Å². The summed E-state index contributed by atoms with van der Waals surface area (Å²) in [4.78, 5) is 14.5. The van der Waals surface area contributed by atoms with E-state index in [4.69, 9.17) is 17.3 Å². The fourth-order valence-electron chi connectivity index (χ4n) is 1.61. The third-order valence-corrected chi connectivity index (χ3v) is 2.81. The Balaban J connectivity index is 1.82. The summed E-state index contributed by atoms with van der Waals surface area (Å²) in [6, 6.07) is 9.18. The molecule has 1 aromatic carbocycles. The summed E-state index contributed by atoms with van der Waals surface area (Å²) in [7, 11) is 0. The maximum atomic E-state index is 11.7. The minimum Gasteiger partial charge on any atom is -0.397 e. The van der Waals surface area contributed by atoms with Crippen LogP contribution in [0, 0.1) is 0 Å². The number of nitrogens with one attached hydrogen (secondary N) is 2. The quantitative estimate of drug-likeness (QED) is 0.792. The minimum atomic E-state index is -0.152. The Bertz CT molecular complexity index is 533. The molecule has 1 amide bonds. The van der Waals surface area contributed by atoms with E-state index < -0.39 is 0 Å². The van der Waals surface area contributed by atoms with E-state index in [0.29, 0.717) is 22.9 Å². The topological polar surface area (TPSA) is 70.9 Å². The zero-order chi connectivity index (χ0) is 13.0. The largest absolute Gasteiger partial charge is 0.397 e. The lowest BCUT2D eigenvalue weighted by molar-refractivity contribution is 0.0950. The second kappa shape index (κ2) is 5.60. The molecule has 2 rings (SSSR count). The molecule has 0 spiro atoms.